The molecule has 25 heavy (non-hydrogen) atoms. The average molecular weight is 344 g/mol. The molecule has 136 valence electrons. The predicted octanol–water partition coefficient (Wildman–Crippen LogP) is 2.46. The number of hydrogen-bond acceptors (Lipinski definition) is 3. The van der Waals surface area contributed by atoms with E-state index in [4.69, 9.17) is 0 Å². The molecule has 0 saturated carbocycles. The first-order valence-electron chi connectivity index (χ1n) is 9.13. The van der Waals surface area contributed by atoms with Crippen molar-refractivity contribution >= 4 is 11.7 Å². The molecule has 2 amide bonds. The molecule has 1 aliphatic rings. The van der Waals surface area contributed by atoms with Gasteiger partial charge in [0.2, 0.25) is 0 Å². The Balaban J connectivity index is 1.58. The Morgan fingerprint density at radius 1 is 1.44 bits per heavy atom. The molecule has 2 aromatic rings. The van der Waals surface area contributed by atoms with Gasteiger partial charge >= 0.3 is 6.03 Å². The fraction of sp³-hybridized carbons (Fsp3) is 0.579. The summed E-state index contributed by atoms with van der Waals surface area (Å²) in [7, 11) is 0. The summed E-state index contributed by atoms with van der Waals surface area (Å²) in [5.41, 5.74) is 1.48. The molecule has 0 radical (unpaired) electrons. The van der Waals surface area contributed by atoms with Crippen molar-refractivity contribution < 1.29 is 9.90 Å². The summed E-state index contributed by atoms with van der Waals surface area (Å²) in [6.45, 7) is 5.56. The zero-order valence-corrected chi connectivity index (χ0v) is 15.1. The second kappa shape index (κ2) is 7.44. The molecule has 3 heterocycles. The van der Waals surface area contributed by atoms with Gasteiger partial charge in [0.15, 0.2) is 0 Å². The largest absolute Gasteiger partial charge is 0.394 e. The number of amides is 2. The van der Waals surface area contributed by atoms with E-state index in [-0.39, 0.29) is 12.6 Å². The summed E-state index contributed by atoms with van der Waals surface area (Å²) in [5, 5.41) is 12.9. The van der Waals surface area contributed by atoms with E-state index in [2.05, 4.69) is 24.1 Å². The van der Waals surface area contributed by atoms with Gasteiger partial charge in [-0.1, -0.05) is 19.9 Å². The van der Waals surface area contributed by atoms with Crippen molar-refractivity contribution in [1.82, 2.24) is 19.6 Å². The molecule has 3 rings (SSSR count). The summed E-state index contributed by atoms with van der Waals surface area (Å²) < 4.78 is 1.98. The highest BCUT2D eigenvalue weighted by Gasteiger charge is 2.43. The van der Waals surface area contributed by atoms with Gasteiger partial charge in [-0.3, -0.25) is 0 Å². The molecular weight excluding hydrogens is 316 g/mol. The van der Waals surface area contributed by atoms with Crippen molar-refractivity contribution in [2.24, 2.45) is 5.92 Å². The van der Waals surface area contributed by atoms with Crippen LogP contribution >= 0.6 is 0 Å². The van der Waals surface area contributed by atoms with E-state index in [0.29, 0.717) is 25.4 Å². The van der Waals surface area contributed by atoms with E-state index in [9.17, 15) is 9.90 Å². The number of aromatic nitrogens is 2. The van der Waals surface area contributed by atoms with E-state index >= 15 is 0 Å². The third kappa shape index (κ3) is 3.79. The topological polar surface area (TPSA) is 69.9 Å². The maximum Gasteiger partial charge on any atom is 0.317 e. The van der Waals surface area contributed by atoms with Crippen molar-refractivity contribution in [2.45, 2.75) is 45.1 Å². The lowest BCUT2D eigenvalue weighted by Gasteiger charge is -2.38. The first-order valence-corrected chi connectivity index (χ1v) is 9.13. The number of pyridine rings is 1. The van der Waals surface area contributed by atoms with Gasteiger partial charge < -0.3 is 19.7 Å². The number of fused-ring (bicyclic) bond motifs is 1. The predicted molar refractivity (Wildman–Crippen MR) is 97.5 cm³/mol. The van der Waals surface area contributed by atoms with Crippen LogP contribution in [0, 0.1) is 5.92 Å². The Morgan fingerprint density at radius 3 is 3.00 bits per heavy atom. The van der Waals surface area contributed by atoms with E-state index < -0.39 is 5.54 Å². The van der Waals surface area contributed by atoms with Crippen LogP contribution in [0.1, 0.15) is 38.8 Å². The van der Waals surface area contributed by atoms with Gasteiger partial charge in [-0.15, -0.1) is 0 Å². The highest BCUT2D eigenvalue weighted by Crippen LogP contribution is 2.34. The molecule has 2 N–H and O–H groups in total. The Labute approximate surface area is 148 Å². The minimum Gasteiger partial charge on any atom is -0.394 e. The van der Waals surface area contributed by atoms with Gasteiger partial charge in [-0.05, 0) is 37.3 Å². The van der Waals surface area contributed by atoms with Gasteiger partial charge in [0, 0.05) is 31.9 Å². The molecule has 1 aliphatic heterocycles. The molecule has 1 unspecified atom stereocenters. The molecule has 1 saturated heterocycles. The molecule has 0 aromatic carbocycles. The number of imidazole rings is 1. The lowest BCUT2D eigenvalue weighted by Crippen LogP contribution is -2.54. The van der Waals surface area contributed by atoms with Crippen LogP contribution in [0.2, 0.25) is 0 Å². The third-order valence-electron chi connectivity index (χ3n) is 5.00. The molecule has 6 nitrogen and oxygen atoms in total. The first kappa shape index (κ1) is 17.7. The standard InChI is InChI=1S/C19H28N4O2/c1-15(2)12-19(14-24)8-5-11-23(19)18(25)20-9-7-16-13-22-10-4-3-6-17(22)21-16/h3-4,6,10,13,15,24H,5,7-9,11-12,14H2,1-2H3,(H,20,25). The van der Waals surface area contributed by atoms with Crippen LogP contribution in [0.25, 0.3) is 5.65 Å². The normalized spacial score (nSPS) is 20.6. The number of nitrogens with one attached hydrogen (secondary N) is 1. The minimum absolute atomic E-state index is 0.0328. The first-order chi connectivity index (χ1) is 12.0. The fourth-order valence-electron chi connectivity index (χ4n) is 3.96. The number of hydrogen-bond donors (Lipinski definition) is 2. The maximum absolute atomic E-state index is 12.6. The molecular formula is C19H28N4O2. The lowest BCUT2D eigenvalue weighted by molar-refractivity contribution is 0.0677. The number of nitrogens with zero attached hydrogens (tertiary/aromatic N) is 3. The van der Waals surface area contributed by atoms with Gasteiger partial charge in [0.25, 0.3) is 0 Å². The maximum atomic E-state index is 12.6. The zero-order valence-electron chi connectivity index (χ0n) is 15.1. The minimum atomic E-state index is -0.401. The molecule has 2 aromatic heterocycles. The number of carbonyl (C=O) groups excluding carboxylic acids is 1. The zero-order chi connectivity index (χ0) is 17.9. The summed E-state index contributed by atoms with van der Waals surface area (Å²) >= 11 is 0. The fourth-order valence-corrected chi connectivity index (χ4v) is 3.96. The second-order valence-electron chi connectivity index (χ2n) is 7.42. The van der Waals surface area contributed by atoms with E-state index in [1.165, 1.54) is 0 Å². The van der Waals surface area contributed by atoms with Crippen molar-refractivity contribution in [3.05, 3.63) is 36.3 Å². The summed E-state index contributed by atoms with van der Waals surface area (Å²) in [6.07, 6.45) is 7.32. The van der Waals surface area contributed by atoms with E-state index in [0.717, 1.165) is 30.6 Å². The van der Waals surface area contributed by atoms with Crippen LogP contribution in [0.3, 0.4) is 0 Å². The molecule has 0 bridgehead atoms. The highest BCUT2D eigenvalue weighted by atomic mass is 16.3. The number of aliphatic hydroxyl groups excluding tert-OH is 1. The van der Waals surface area contributed by atoms with Crippen LogP contribution in [0.15, 0.2) is 30.6 Å². The van der Waals surface area contributed by atoms with E-state index in [1.54, 1.807) is 0 Å². The Morgan fingerprint density at radius 2 is 2.28 bits per heavy atom. The third-order valence-corrected chi connectivity index (χ3v) is 5.00. The monoisotopic (exact) mass is 344 g/mol. The van der Waals surface area contributed by atoms with Crippen molar-refractivity contribution in [3.63, 3.8) is 0 Å². The van der Waals surface area contributed by atoms with Crippen LogP contribution in [-0.4, -0.2) is 50.7 Å². The summed E-state index contributed by atoms with van der Waals surface area (Å²) in [6, 6.07) is 5.82. The lowest BCUT2D eigenvalue weighted by atomic mass is 9.87. The van der Waals surface area contributed by atoms with Crippen LogP contribution in [0.5, 0.6) is 0 Å². The molecule has 6 heteroatoms. The average Bonchev–Trinajstić information content (AvgIpc) is 3.18. The number of likely N-dealkylation sites (tertiary alicyclic amines) is 1. The smallest absolute Gasteiger partial charge is 0.317 e. The van der Waals surface area contributed by atoms with Gasteiger partial charge in [0.05, 0.1) is 17.8 Å². The van der Waals surface area contributed by atoms with Crippen LogP contribution in [-0.2, 0) is 6.42 Å². The van der Waals surface area contributed by atoms with Gasteiger partial charge in [0.1, 0.15) is 5.65 Å². The Hall–Kier alpha value is -2.08. The number of carbonyl (C=O) groups is 1. The number of rotatable bonds is 6. The second-order valence-corrected chi connectivity index (χ2v) is 7.42. The van der Waals surface area contributed by atoms with Gasteiger partial charge in [-0.25, -0.2) is 9.78 Å². The SMILES string of the molecule is CC(C)CC1(CO)CCCN1C(=O)NCCc1cn2ccccc2n1. The molecule has 0 aliphatic carbocycles. The Bertz CT molecular complexity index is 694. The van der Waals surface area contributed by atoms with Crippen molar-refractivity contribution in [1.29, 1.82) is 0 Å². The van der Waals surface area contributed by atoms with E-state index in [1.807, 2.05) is 39.9 Å². The van der Waals surface area contributed by atoms with Crippen LogP contribution < -0.4 is 5.32 Å². The highest BCUT2D eigenvalue weighted by molar-refractivity contribution is 5.75. The quantitative estimate of drug-likeness (QED) is 0.846. The molecule has 1 atom stereocenters. The van der Waals surface area contributed by atoms with Crippen molar-refractivity contribution in [2.75, 3.05) is 19.7 Å². The summed E-state index contributed by atoms with van der Waals surface area (Å²) in [5.74, 6) is 0.443. The summed E-state index contributed by atoms with van der Waals surface area (Å²) in [4.78, 5) is 19.0. The van der Waals surface area contributed by atoms with Crippen molar-refractivity contribution in [3.8, 4) is 0 Å². The van der Waals surface area contributed by atoms with Gasteiger partial charge in [-0.2, -0.15) is 0 Å². The number of aliphatic hydroxyl groups is 1. The Kier molecular flexibility index (Phi) is 5.27. The molecule has 1 fully saturated rings. The number of urea groups is 1. The molecule has 0 spiro atoms. The van der Waals surface area contributed by atoms with Crippen LogP contribution in [0.4, 0.5) is 4.79 Å².